The zero-order chi connectivity index (χ0) is 16.3. The van der Waals surface area contributed by atoms with E-state index in [1.165, 1.54) is 36.4 Å². The van der Waals surface area contributed by atoms with Gasteiger partial charge in [0.05, 0.1) is 11.1 Å². The molecule has 2 aromatic carbocycles. The van der Waals surface area contributed by atoms with Gasteiger partial charge in [0.15, 0.2) is 11.5 Å². The maximum atomic E-state index is 11.7. The Bertz CT molecular complexity index is 672. The fraction of sp³-hybridized carbons (Fsp3) is 0.125. The first-order chi connectivity index (χ1) is 10.4. The van der Waals surface area contributed by atoms with E-state index in [9.17, 15) is 19.8 Å². The number of rotatable bonds is 5. The molecule has 0 heterocycles. The molecule has 0 aromatic heterocycles. The first-order valence-electron chi connectivity index (χ1n) is 6.45. The van der Waals surface area contributed by atoms with E-state index in [-0.39, 0.29) is 46.6 Å². The van der Waals surface area contributed by atoms with Crippen molar-refractivity contribution in [2.24, 2.45) is 0 Å². The number of aryl methyl sites for hydroxylation is 2. The van der Waals surface area contributed by atoms with Crippen LogP contribution in [0.1, 0.15) is 31.8 Å². The van der Waals surface area contributed by atoms with E-state index in [0.29, 0.717) is 0 Å². The van der Waals surface area contributed by atoms with Gasteiger partial charge in [-0.25, -0.2) is 9.59 Å². The summed E-state index contributed by atoms with van der Waals surface area (Å²) in [6, 6.07) is 7.33. The lowest BCUT2D eigenvalue weighted by Gasteiger charge is -2.06. The Hall–Kier alpha value is -3.02. The average molecular weight is 300 g/mol. The highest BCUT2D eigenvalue weighted by molar-refractivity contribution is 5.88. The SMILES string of the molecule is [O]c1ccc(C(=O)O)cc1CCc1cc(C(=O)O)ccc1[O]. The third kappa shape index (κ3) is 3.35. The normalized spacial score (nSPS) is 10.4. The van der Waals surface area contributed by atoms with E-state index in [4.69, 9.17) is 10.2 Å². The molecule has 0 aliphatic heterocycles. The van der Waals surface area contributed by atoms with Crippen molar-refractivity contribution in [2.45, 2.75) is 12.8 Å². The van der Waals surface area contributed by atoms with Crippen molar-refractivity contribution in [2.75, 3.05) is 0 Å². The largest absolute Gasteiger partial charge is 0.478 e. The second-order valence-corrected chi connectivity index (χ2v) is 4.76. The van der Waals surface area contributed by atoms with E-state index in [2.05, 4.69) is 0 Å². The molecule has 2 radical (unpaired) electrons. The van der Waals surface area contributed by atoms with Crippen LogP contribution in [-0.2, 0) is 23.1 Å². The minimum atomic E-state index is -1.14. The van der Waals surface area contributed by atoms with Crippen molar-refractivity contribution in [3.8, 4) is 11.5 Å². The van der Waals surface area contributed by atoms with Crippen LogP contribution in [0.3, 0.4) is 0 Å². The van der Waals surface area contributed by atoms with E-state index in [0.717, 1.165) is 0 Å². The van der Waals surface area contributed by atoms with Gasteiger partial charge in [-0.05, 0) is 49.2 Å². The Morgan fingerprint density at radius 3 is 1.41 bits per heavy atom. The molecule has 0 unspecified atom stereocenters. The average Bonchev–Trinajstić information content (AvgIpc) is 2.47. The molecule has 0 fully saturated rings. The van der Waals surface area contributed by atoms with Crippen molar-refractivity contribution in [3.05, 3.63) is 58.7 Å². The summed E-state index contributed by atoms with van der Waals surface area (Å²) in [7, 11) is 0. The van der Waals surface area contributed by atoms with E-state index >= 15 is 0 Å². The number of carboxylic acids is 2. The lowest BCUT2D eigenvalue weighted by Crippen LogP contribution is -2.00. The molecule has 2 N–H and O–H groups in total. The summed E-state index contributed by atoms with van der Waals surface area (Å²) < 4.78 is 0. The molecule has 22 heavy (non-hydrogen) atoms. The summed E-state index contributed by atoms with van der Waals surface area (Å²) in [4.78, 5) is 21.8. The van der Waals surface area contributed by atoms with Crippen LogP contribution in [-0.4, -0.2) is 22.2 Å². The molecule has 112 valence electrons. The smallest absolute Gasteiger partial charge is 0.335 e. The standard InChI is InChI=1S/C16H12O6/c17-13-5-3-11(15(19)20)7-9(13)1-2-10-8-12(16(21)22)4-6-14(10)18/h3-8H,1-2H2,(H,19,20)(H,21,22). The topological polar surface area (TPSA) is 114 Å². The van der Waals surface area contributed by atoms with Crippen LogP contribution in [0.4, 0.5) is 0 Å². The zero-order valence-electron chi connectivity index (χ0n) is 11.4. The molecule has 0 amide bonds. The third-order valence-corrected chi connectivity index (χ3v) is 3.28. The third-order valence-electron chi connectivity index (χ3n) is 3.28. The lowest BCUT2D eigenvalue weighted by atomic mass is 9.99. The first-order valence-corrected chi connectivity index (χ1v) is 6.45. The Balaban J connectivity index is 2.23. The number of hydrogen-bond acceptors (Lipinski definition) is 2. The van der Waals surface area contributed by atoms with E-state index in [1.807, 2.05) is 0 Å². The van der Waals surface area contributed by atoms with Crippen molar-refractivity contribution in [1.82, 2.24) is 0 Å². The molecule has 0 spiro atoms. The van der Waals surface area contributed by atoms with Crippen LogP contribution in [0.5, 0.6) is 11.5 Å². The summed E-state index contributed by atoms with van der Waals surface area (Å²) in [6.07, 6.45) is 0.330. The molecule has 0 aliphatic rings. The van der Waals surface area contributed by atoms with Crippen molar-refractivity contribution < 1.29 is 30.0 Å². The number of benzene rings is 2. The summed E-state index contributed by atoms with van der Waals surface area (Å²) in [5.74, 6) is -2.91. The summed E-state index contributed by atoms with van der Waals surface area (Å²) in [5, 5.41) is 41.2. The van der Waals surface area contributed by atoms with Gasteiger partial charge in [-0.3, -0.25) is 10.2 Å². The molecule has 2 rings (SSSR count). The summed E-state index contributed by atoms with van der Waals surface area (Å²) >= 11 is 0. The van der Waals surface area contributed by atoms with Crippen LogP contribution >= 0.6 is 0 Å². The predicted octanol–water partition coefficient (Wildman–Crippen LogP) is 3.16. The lowest BCUT2D eigenvalue weighted by molar-refractivity contribution is 0.0685. The number of carboxylic acid groups (broad SMARTS) is 2. The molecule has 0 saturated carbocycles. The molecule has 6 nitrogen and oxygen atoms in total. The van der Waals surface area contributed by atoms with Crippen molar-refractivity contribution in [3.63, 3.8) is 0 Å². The maximum Gasteiger partial charge on any atom is 0.335 e. The Morgan fingerprint density at radius 2 is 1.09 bits per heavy atom. The predicted molar refractivity (Wildman–Crippen MR) is 74.5 cm³/mol. The molecule has 2 aromatic rings. The monoisotopic (exact) mass is 300 g/mol. The van der Waals surface area contributed by atoms with E-state index in [1.54, 1.807) is 0 Å². The molecule has 6 heteroatoms. The molecule has 0 bridgehead atoms. The zero-order valence-corrected chi connectivity index (χ0v) is 11.4. The summed E-state index contributed by atoms with van der Waals surface area (Å²) in [6.45, 7) is 0. The minimum Gasteiger partial charge on any atom is -0.478 e. The van der Waals surface area contributed by atoms with Gasteiger partial charge < -0.3 is 10.2 Å². The van der Waals surface area contributed by atoms with Gasteiger partial charge in [0, 0.05) is 11.1 Å². The second-order valence-electron chi connectivity index (χ2n) is 4.76. The summed E-state index contributed by atoms with van der Waals surface area (Å²) in [5.41, 5.74) is 0.549. The van der Waals surface area contributed by atoms with Crippen LogP contribution < -0.4 is 0 Å². The van der Waals surface area contributed by atoms with E-state index < -0.39 is 11.9 Å². The fourth-order valence-corrected chi connectivity index (χ4v) is 2.09. The van der Waals surface area contributed by atoms with Crippen LogP contribution in [0.2, 0.25) is 0 Å². The number of carbonyl (C=O) groups is 2. The molecule has 0 aliphatic carbocycles. The van der Waals surface area contributed by atoms with Gasteiger partial charge in [0.2, 0.25) is 0 Å². The van der Waals surface area contributed by atoms with Crippen LogP contribution in [0, 0.1) is 0 Å². The van der Waals surface area contributed by atoms with Gasteiger partial charge in [0.1, 0.15) is 0 Å². The second kappa shape index (κ2) is 6.17. The quantitative estimate of drug-likeness (QED) is 0.882. The number of aromatic carboxylic acids is 2. The highest BCUT2D eigenvalue weighted by Gasteiger charge is 2.12. The van der Waals surface area contributed by atoms with Gasteiger partial charge in [-0.1, -0.05) is 0 Å². The Morgan fingerprint density at radius 1 is 0.727 bits per heavy atom. The molecular weight excluding hydrogens is 288 g/mol. The van der Waals surface area contributed by atoms with Crippen LogP contribution in [0.15, 0.2) is 36.4 Å². The van der Waals surface area contributed by atoms with Gasteiger partial charge >= 0.3 is 11.9 Å². The molecule has 0 atom stereocenters. The Labute approximate surface area is 125 Å². The maximum absolute atomic E-state index is 11.7. The molecular formula is C16H12O6. The minimum absolute atomic E-state index is 0.00349. The van der Waals surface area contributed by atoms with Crippen molar-refractivity contribution in [1.29, 1.82) is 0 Å². The number of hydrogen-bond donors (Lipinski definition) is 2. The first kappa shape index (κ1) is 15.4. The van der Waals surface area contributed by atoms with Crippen molar-refractivity contribution >= 4 is 11.9 Å². The van der Waals surface area contributed by atoms with Gasteiger partial charge in [-0.15, -0.1) is 0 Å². The Kier molecular flexibility index (Phi) is 4.31. The van der Waals surface area contributed by atoms with Gasteiger partial charge in [-0.2, -0.15) is 0 Å². The van der Waals surface area contributed by atoms with Gasteiger partial charge in [0.25, 0.3) is 0 Å². The fourth-order valence-electron chi connectivity index (χ4n) is 2.09. The highest BCUT2D eigenvalue weighted by Crippen LogP contribution is 2.25. The molecule has 0 saturated heterocycles. The highest BCUT2D eigenvalue weighted by atomic mass is 16.4. The van der Waals surface area contributed by atoms with Crippen LogP contribution in [0.25, 0.3) is 0 Å².